The molecule has 1 aliphatic carbocycles. The Bertz CT molecular complexity index is 235. The molecule has 0 amide bonds. The summed E-state index contributed by atoms with van der Waals surface area (Å²) in [5, 5.41) is 0. The van der Waals surface area contributed by atoms with Crippen molar-refractivity contribution in [2.75, 3.05) is 7.11 Å². The number of methoxy groups -OCH3 is 1. The van der Waals surface area contributed by atoms with Crippen molar-refractivity contribution >= 4 is 11.6 Å². The van der Waals surface area contributed by atoms with Crippen LogP contribution in [0.25, 0.3) is 0 Å². The highest BCUT2D eigenvalue weighted by atomic mass is 16.5. The molecule has 0 saturated carbocycles. The summed E-state index contributed by atoms with van der Waals surface area (Å²) in [5.74, 6) is -0.607. The molecule has 0 heterocycles. The molecule has 1 rings (SSSR count). The zero-order valence-electron chi connectivity index (χ0n) is 5.46. The van der Waals surface area contributed by atoms with Crippen LogP contribution in [0.5, 0.6) is 0 Å². The van der Waals surface area contributed by atoms with Crippen LogP contribution in [-0.2, 0) is 14.3 Å². The van der Waals surface area contributed by atoms with Gasteiger partial charge in [-0.25, -0.2) is 0 Å². The molecule has 0 unspecified atom stereocenters. The van der Waals surface area contributed by atoms with Crippen LogP contribution < -0.4 is 0 Å². The zero-order valence-corrected chi connectivity index (χ0v) is 5.46. The lowest BCUT2D eigenvalue weighted by Crippen LogP contribution is -2.11. The van der Waals surface area contributed by atoms with Gasteiger partial charge in [-0.05, 0) is 12.2 Å². The van der Waals surface area contributed by atoms with Gasteiger partial charge in [-0.3, -0.25) is 9.59 Å². The third-order valence-electron chi connectivity index (χ3n) is 1.15. The summed E-state index contributed by atoms with van der Waals surface area (Å²) in [4.78, 5) is 21.1. The van der Waals surface area contributed by atoms with Gasteiger partial charge in [0, 0.05) is 6.08 Å². The van der Waals surface area contributed by atoms with Crippen LogP contribution in [0.15, 0.2) is 24.0 Å². The van der Waals surface area contributed by atoms with E-state index in [1.807, 2.05) is 0 Å². The van der Waals surface area contributed by atoms with E-state index in [4.69, 9.17) is 4.74 Å². The maximum absolute atomic E-state index is 10.6. The van der Waals surface area contributed by atoms with Crippen molar-refractivity contribution in [3.05, 3.63) is 24.0 Å². The monoisotopic (exact) mass is 138 g/mol. The number of hydrogen-bond donors (Lipinski definition) is 0. The number of rotatable bonds is 1. The van der Waals surface area contributed by atoms with Crippen LogP contribution in [-0.4, -0.2) is 18.7 Å². The number of ketones is 2. The first kappa shape index (κ1) is 6.74. The van der Waals surface area contributed by atoms with Gasteiger partial charge in [0.25, 0.3) is 0 Å². The molecule has 0 aliphatic heterocycles. The van der Waals surface area contributed by atoms with Crippen LogP contribution in [0.1, 0.15) is 0 Å². The Morgan fingerprint density at radius 1 is 1.20 bits per heavy atom. The Morgan fingerprint density at radius 3 is 2.40 bits per heavy atom. The number of carbonyl (C=O) groups is 2. The number of allylic oxidation sites excluding steroid dienone is 3. The van der Waals surface area contributed by atoms with Gasteiger partial charge in [0.05, 0.1) is 7.11 Å². The van der Waals surface area contributed by atoms with Gasteiger partial charge < -0.3 is 4.74 Å². The lowest BCUT2D eigenvalue weighted by Gasteiger charge is -2.01. The predicted octanol–water partition coefficient (Wildman–Crippen LogP) is 0.225. The van der Waals surface area contributed by atoms with E-state index in [2.05, 4.69) is 0 Å². The van der Waals surface area contributed by atoms with Crippen molar-refractivity contribution < 1.29 is 14.3 Å². The summed E-state index contributed by atoms with van der Waals surface area (Å²) in [6.07, 6.45) is 3.83. The van der Waals surface area contributed by atoms with Gasteiger partial charge in [0.2, 0.25) is 11.6 Å². The Labute approximate surface area is 58.0 Å². The van der Waals surface area contributed by atoms with Gasteiger partial charge in [-0.1, -0.05) is 0 Å². The first-order valence-corrected chi connectivity index (χ1v) is 2.76. The molecule has 10 heavy (non-hydrogen) atoms. The van der Waals surface area contributed by atoms with Gasteiger partial charge in [-0.2, -0.15) is 0 Å². The topological polar surface area (TPSA) is 43.4 Å². The van der Waals surface area contributed by atoms with Gasteiger partial charge >= 0.3 is 0 Å². The Hall–Kier alpha value is -1.38. The molecule has 0 bridgehead atoms. The van der Waals surface area contributed by atoms with Crippen LogP contribution in [0.3, 0.4) is 0 Å². The minimum atomic E-state index is -0.528. The molecule has 0 saturated heterocycles. The summed E-state index contributed by atoms with van der Waals surface area (Å²) < 4.78 is 4.71. The Balaban J connectivity index is 2.86. The van der Waals surface area contributed by atoms with E-state index in [0.717, 1.165) is 0 Å². The highest BCUT2D eigenvalue weighted by Gasteiger charge is 2.12. The van der Waals surface area contributed by atoms with Crippen LogP contribution in [0.2, 0.25) is 0 Å². The highest BCUT2D eigenvalue weighted by Crippen LogP contribution is 2.03. The molecule has 0 spiro atoms. The minimum absolute atomic E-state index is 0.421. The zero-order chi connectivity index (χ0) is 7.56. The third-order valence-corrected chi connectivity index (χ3v) is 1.15. The summed E-state index contributed by atoms with van der Waals surface area (Å²) in [7, 11) is 1.44. The van der Waals surface area contributed by atoms with Gasteiger partial charge in [-0.15, -0.1) is 0 Å². The summed E-state index contributed by atoms with van der Waals surface area (Å²) in [5.41, 5.74) is 0. The fraction of sp³-hybridized carbons (Fsp3) is 0.143. The molecular formula is C7H6O3. The molecule has 0 N–H and O–H groups in total. The molecule has 0 radical (unpaired) electrons. The van der Waals surface area contributed by atoms with E-state index >= 15 is 0 Å². The molecule has 0 fully saturated rings. The first-order valence-electron chi connectivity index (χ1n) is 2.76. The molecule has 1 aliphatic rings. The second-order valence-electron chi connectivity index (χ2n) is 1.81. The van der Waals surface area contributed by atoms with E-state index in [-0.39, 0.29) is 0 Å². The SMILES string of the molecule is COC1=CC(=O)C(=O)C=C1. The molecule has 52 valence electrons. The standard InChI is InChI=1S/C7H6O3/c1-10-5-2-3-6(8)7(9)4-5/h2-4H,1H3. The van der Waals surface area contributed by atoms with Crippen molar-refractivity contribution in [3.63, 3.8) is 0 Å². The van der Waals surface area contributed by atoms with E-state index in [0.29, 0.717) is 5.76 Å². The molecular weight excluding hydrogens is 132 g/mol. The second-order valence-corrected chi connectivity index (χ2v) is 1.81. The summed E-state index contributed by atoms with van der Waals surface area (Å²) in [6.45, 7) is 0. The van der Waals surface area contributed by atoms with Crippen molar-refractivity contribution in [2.24, 2.45) is 0 Å². The van der Waals surface area contributed by atoms with Crippen LogP contribution in [0.4, 0.5) is 0 Å². The molecule has 0 aromatic carbocycles. The van der Waals surface area contributed by atoms with E-state index in [1.54, 1.807) is 0 Å². The smallest absolute Gasteiger partial charge is 0.229 e. The lowest BCUT2D eigenvalue weighted by molar-refractivity contribution is -0.131. The minimum Gasteiger partial charge on any atom is -0.497 e. The molecule has 3 nitrogen and oxygen atoms in total. The largest absolute Gasteiger partial charge is 0.497 e. The quantitative estimate of drug-likeness (QED) is 0.384. The number of ether oxygens (including phenoxy) is 1. The molecule has 0 aromatic rings. The molecule has 0 aromatic heterocycles. The fourth-order valence-electron chi connectivity index (χ4n) is 0.615. The lowest BCUT2D eigenvalue weighted by atomic mass is 10.1. The van der Waals surface area contributed by atoms with Crippen molar-refractivity contribution in [3.8, 4) is 0 Å². The van der Waals surface area contributed by atoms with E-state index in [1.165, 1.54) is 25.3 Å². The predicted molar refractivity (Wildman–Crippen MR) is 34.2 cm³/mol. The maximum atomic E-state index is 10.6. The highest BCUT2D eigenvalue weighted by molar-refractivity contribution is 6.46. The van der Waals surface area contributed by atoms with E-state index < -0.39 is 11.6 Å². The average molecular weight is 138 g/mol. The van der Waals surface area contributed by atoms with Crippen molar-refractivity contribution in [1.29, 1.82) is 0 Å². The van der Waals surface area contributed by atoms with Gasteiger partial charge in [0.1, 0.15) is 5.76 Å². The third kappa shape index (κ3) is 1.13. The van der Waals surface area contributed by atoms with Crippen molar-refractivity contribution in [1.82, 2.24) is 0 Å². The number of carbonyl (C=O) groups excluding carboxylic acids is 2. The second kappa shape index (κ2) is 2.47. The first-order chi connectivity index (χ1) is 4.74. The van der Waals surface area contributed by atoms with Crippen LogP contribution in [0, 0.1) is 0 Å². The number of hydrogen-bond acceptors (Lipinski definition) is 3. The Kier molecular flexibility index (Phi) is 1.67. The van der Waals surface area contributed by atoms with Gasteiger partial charge in [0.15, 0.2) is 0 Å². The molecule has 3 heteroatoms. The molecule has 0 atom stereocenters. The average Bonchev–Trinajstić information content (AvgIpc) is 1.95. The Morgan fingerprint density at radius 2 is 1.90 bits per heavy atom. The van der Waals surface area contributed by atoms with E-state index in [9.17, 15) is 9.59 Å². The maximum Gasteiger partial charge on any atom is 0.229 e. The fourth-order valence-corrected chi connectivity index (χ4v) is 0.615. The van der Waals surface area contributed by atoms with Crippen molar-refractivity contribution in [2.45, 2.75) is 0 Å². The summed E-state index contributed by atoms with van der Waals surface area (Å²) in [6, 6.07) is 0. The van der Waals surface area contributed by atoms with Crippen LogP contribution >= 0.6 is 0 Å². The normalized spacial score (nSPS) is 17.1. The summed E-state index contributed by atoms with van der Waals surface area (Å²) >= 11 is 0.